The normalized spacial score (nSPS) is 11.3. The Kier molecular flexibility index (Phi) is 5.21. The fourth-order valence-corrected chi connectivity index (χ4v) is 2.44. The molecule has 0 aromatic heterocycles. The third-order valence-corrected chi connectivity index (χ3v) is 3.75. The molecular weight excluding hydrogens is 302 g/mol. The summed E-state index contributed by atoms with van der Waals surface area (Å²) in [5, 5.41) is 0. The van der Waals surface area contributed by atoms with Crippen molar-refractivity contribution in [3.05, 3.63) is 34.6 Å². The first kappa shape index (κ1) is 14.7. The van der Waals surface area contributed by atoms with Crippen LogP contribution >= 0.6 is 23.2 Å². The zero-order valence-corrected chi connectivity index (χ0v) is 10.6. The molecular formula is C9H5Cl2F5Si. The maximum absolute atomic E-state index is 13.1. The van der Waals surface area contributed by atoms with Crippen molar-refractivity contribution in [2.45, 2.75) is 16.9 Å². The summed E-state index contributed by atoms with van der Waals surface area (Å²) in [5.41, 5.74) is -0.831. The molecule has 0 nitrogen and oxygen atoms in total. The zero-order chi connectivity index (χ0) is 13.2. The molecule has 0 spiro atoms. The number of hydrogen-bond acceptors (Lipinski definition) is 0. The second-order valence-corrected chi connectivity index (χ2v) is 6.37. The van der Waals surface area contributed by atoms with E-state index in [1.165, 1.54) is 0 Å². The maximum atomic E-state index is 13.1. The van der Waals surface area contributed by atoms with Crippen LogP contribution in [0.1, 0.15) is 5.56 Å². The second-order valence-electron chi connectivity index (χ2n) is 3.05. The highest BCUT2D eigenvalue weighted by molar-refractivity contribution is 6.68. The van der Waals surface area contributed by atoms with Gasteiger partial charge in [0.05, 0.1) is 14.0 Å². The van der Waals surface area contributed by atoms with E-state index in [0.29, 0.717) is 0 Å². The summed E-state index contributed by atoms with van der Waals surface area (Å²) in [6, 6.07) is 0.149. The molecule has 1 aromatic carbocycles. The van der Waals surface area contributed by atoms with Gasteiger partial charge in [-0.3, -0.25) is 0 Å². The highest BCUT2D eigenvalue weighted by Crippen LogP contribution is 2.24. The zero-order valence-electron chi connectivity index (χ0n) is 8.14. The van der Waals surface area contributed by atoms with Crippen LogP contribution in [0.25, 0.3) is 0 Å². The van der Waals surface area contributed by atoms with Gasteiger partial charge < -0.3 is 0 Å². The quantitative estimate of drug-likeness (QED) is 0.261. The summed E-state index contributed by atoms with van der Waals surface area (Å²) in [7, 11) is -0.0434. The largest absolute Gasteiger partial charge is 0.203 e. The molecule has 0 heterocycles. The van der Waals surface area contributed by atoms with Crippen LogP contribution in [-0.2, 0) is 6.42 Å². The van der Waals surface area contributed by atoms with Crippen molar-refractivity contribution >= 4 is 32.7 Å². The Morgan fingerprint density at radius 2 is 1.24 bits per heavy atom. The summed E-state index contributed by atoms with van der Waals surface area (Å²) in [6.07, 6.45) is -0.305. The van der Waals surface area contributed by atoms with Crippen molar-refractivity contribution in [2.75, 3.05) is 0 Å². The minimum atomic E-state index is -2.15. The van der Waals surface area contributed by atoms with E-state index in [4.69, 9.17) is 23.2 Å². The molecule has 1 aromatic rings. The first-order chi connectivity index (χ1) is 7.86. The summed E-state index contributed by atoms with van der Waals surface area (Å²) < 4.78 is 63.8. The van der Waals surface area contributed by atoms with Gasteiger partial charge in [0.25, 0.3) is 0 Å². The van der Waals surface area contributed by atoms with E-state index in [0.717, 1.165) is 0 Å². The molecule has 0 aliphatic carbocycles. The fraction of sp³-hybridized carbons (Fsp3) is 0.333. The first-order valence-electron chi connectivity index (χ1n) is 4.38. The van der Waals surface area contributed by atoms with Gasteiger partial charge in [-0.05, 0) is 6.42 Å². The van der Waals surface area contributed by atoms with Crippen LogP contribution in [0.3, 0.4) is 0 Å². The highest BCUT2D eigenvalue weighted by atomic mass is 35.5. The first-order valence-corrected chi connectivity index (χ1v) is 6.53. The molecule has 0 N–H and O–H groups in total. The number of rotatable bonds is 4. The monoisotopic (exact) mass is 306 g/mol. The molecule has 0 fully saturated rings. The molecule has 0 saturated carbocycles. The van der Waals surface area contributed by atoms with Crippen molar-refractivity contribution in [1.82, 2.24) is 0 Å². The van der Waals surface area contributed by atoms with Gasteiger partial charge in [0.2, 0.25) is 5.82 Å². The molecule has 2 radical (unpaired) electrons. The van der Waals surface area contributed by atoms with Gasteiger partial charge in [0.15, 0.2) is 23.3 Å². The van der Waals surface area contributed by atoms with Crippen LogP contribution in [0, 0.1) is 29.1 Å². The van der Waals surface area contributed by atoms with E-state index in [2.05, 4.69) is 0 Å². The van der Waals surface area contributed by atoms with Gasteiger partial charge in [-0.25, -0.2) is 22.0 Å². The Morgan fingerprint density at radius 1 is 0.824 bits per heavy atom. The molecule has 17 heavy (non-hydrogen) atoms. The Morgan fingerprint density at radius 3 is 1.65 bits per heavy atom. The lowest BCUT2D eigenvalue weighted by atomic mass is 10.1. The Bertz CT molecular complexity index is 395. The number of hydrogen-bond donors (Lipinski definition) is 0. The predicted octanol–water partition coefficient (Wildman–Crippen LogP) is 3.81. The third kappa shape index (κ3) is 3.32. The molecule has 0 aliphatic rings. The van der Waals surface area contributed by atoms with Gasteiger partial charge in [-0.15, -0.1) is 23.2 Å². The Labute approximate surface area is 107 Å². The molecule has 0 aliphatic heterocycles. The molecule has 94 valence electrons. The van der Waals surface area contributed by atoms with Crippen LogP contribution in [0.4, 0.5) is 22.0 Å². The minimum absolute atomic E-state index is 0.0434. The predicted molar refractivity (Wildman–Crippen MR) is 56.0 cm³/mol. The number of alkyl halides is 2. The SMILES string of the molecule is Fc1c(F)c(F)c(CC[Si]C(Cl)Cl)c(F)c1F. The minimum Gasteiger partial charge on any atom is -0.203 e. The smallest absolute Gasteiger partial charge is 0.200 e. The van der Waals surface area contributed by atoms with Crippen LogP contribution in [0.15, 0.2) is 0 Å². The van der Waals surface area contributed by atoms with E-state index in [1.807, 2.05) is 0 Å². The lowest BCUT2D eigenvalue weighted by Gasteiger charge is -2.07. The standard InChI is InChI=1S/C9H5Cl2F5Si/c10-9(11)17-2-1-3-4(12)6(14)8(16)7(15)5(3)13/h9H,1-2H2. The van der Waals surface area contributed by atoms with Gasteiger partial charge in [0.1, 0.15) is 0 Å². The average molecular weight is 307 g/mol. The topological polar surface area (TPSA) is 0 Å². The van der Waals surface area contributed by atoms with Crippen LogP contribution in [0.2, 0.25) is 6.04 Å². The summed E-state index contributed by atoms with van der Waals surface area (Å²) in [4.78, 5) is 0. The van der Waals surface area contributed by atoms with Crippen LogP contribution in [0.5, 0.6) is 0 Å². The van der Waals surface area contributed by atoms with E-state index in [-0.39, 0.29) is 22.0 Å². The Balaban J connectivity index is 2.99. The van der Waals surface area contributed by atoms with E-state index in [1.54, 1.807) is 0 Å². The van der Waals surface area contributed by atoms with Gasteiger partial charge in [-0.2, -0.15) is 0 Å². The molecule has 1 rings (SSSR count). The van der Waals surface area contributed by atoms with Crippen LogP contribution in [-0.4, -0.2) is 14.0 Å². The molecule has 0 saturated heterocycles. The number of halogens is 7. The molecule has 0 atom stereocenters. The Hall–Kier alpha value is -0.333. The van der Waals surface area contributed by atoms with Crippen molar-refractivity contribution < 1.29 is 22.0 Å². The number of benzene rings is 1. The molecule has 0 unspecified atom stereocenters. The van der Waals surface area contributed by atoms with Gasteiger partial charge >= 0.3 is 0 Å². The third-order valence-electron chi connectivity index (χ3n) is 1.97. The van der Waals surface area contributed by atoms with Crippen LogP contribution < -0.4 is 0 Å². The second kappa shape index (κ2) is 6.02. The van der Waals surface area contributed by atoms with Crippen molar-refractivity contribution in [3.63, 3.8) is 0 Å². The van der Waals surface area contributed by atoms with E-state index < -0.39 is 39.1 Å². The summed E-state index contributed by atoms with van der Waals surface area (Å²) in [6.45, 7) is 0. The fourth-order valence-electron chi connectivity index (χ4n) is 1.18. The maximum Gasteiger partial charge on any atom is 0.200 e. The van der Waals surface area contributed by atoms with Crippen molar-refractivity contribution in [2.24, 2.45) is 0 Å². The lowest BCUT2D eigenvalue weighted by molar-refractivity contribution is 0.370. The van der Waals surface area contributed by atoms with Crippen molar-refractivity contribution in [1.29, 1.82) is 0 Å². The molecule has 0 bridgehead atoms. The summed E-state index contributed by atoms with van der Waals surface area (Å²) >= 11 is 10.8. The van der Waals surface area contributed by atoms with Gasteiger partial charge in [-0.1, -0.05) is 6.04 Å². The van der Waals surface area contributed by atoms with Crippen molar-refractivity contribution in [3.8, 4) is 0 Å². The highest BCUT2D eigenvalue weighted by Gasteiger charge is 2.25. The molecule has 0 amide bonds. The van der Waals surface area contributed by atoms with E-state index in [9.17, 15) is 22.0 Å². The lowest BCUT2D eigenvalue weighted by Crippen LogP contribution is -2.09. The average Bonchev–Trinajstić information content (AvgIpc) is 2.28. The van der Waals surface area contributed by atoms with Gasteiger partial charge in [0, 0.05) is 5.56 Å². The summed E-state index contributed by atoms with van der Waals surface area (Å²) in [5.74, 6) is -9.62. The molecule has 8 heteroatoms. The van der Waals surface area contributed by atoms with E-state index >= 15 is 0 Å².